The van der Waals surface area contributed by atoms with Gasteiger partial charge in [0.1, 0.15) is 12.3 Å². The van der Waals surface area contributed by atoms with Crippen molar-refractivity contribution in [2.75, 3.05) is 12.4 Å². The minimum Gasteiger partial charge on any atom is -0.497 e. The Morgan fingerprint density at radius 1 is 1.15 bits per heavy atom. The number of nitro benzene ring substituents is 1. The number of nitrogens with one attached hydrogen (secondary N) is 1. The molecule has 0 saturated heterocycles. The number of nitrogens with zero attached hydrogens (tertiary/aromatic N) is 2. The zero-order chi connectivity index (χ0) is 18.7. The Hall–Kier alpha value is -3.68. The molecule has 0 aliphatic carbocycles. The zero-order valence-electron chi connectivity index (χ0n) is 13.8. The molecule has 0 aliphatic rings. The lowest BCUT2D eigenvalue weighted by molar-refractivity contribution is -0.384. The van der Waals surface area contributed by atoms with Crippen LogP contribution in [0, 0.1) is 10.1 Å². The average molecular weight is 353 g/mol. The van der Waals surface area contributed by atoms with Crippen LogP contribution < -0.4 is 15.6 Å². The van der Waals surface area contributed by atoms with Crippen LogP contribution in [0.2, 0.25) is 0 Å². The van der Waals surface area contributed by atoms with Crippen LogP contribution in [0.5, 0.6) is 5.75 Å². The van der Waals surface area contributed by atoms with Crippen molar-refractivity contribution < 1.29 is 14.5 Å². The molecule has 2 aromatic carbocycles. The summed E-state index contributed by atoms with van der Waals surface area (Å²) in [5, 5.41) is 14.1. The fraction of sp³-hybridized carbons (Fsp3) is 0.111. The van der Waals surface area contributed by atoms with Gasteiger partial charge in [0.15, 0.2) is 0 Å². The Kier molecular flexibility index (Phi) is 4.66. The number of aromatic nitrogens is 1. The highest BCUT2D eigenvalue weighted by Gasteiger charge is 2.12. The molecule has 0 spiro atoms. The van der Waals surface area contributed by atoms with Gasteiger partial charge in [-0.2, -0.15) is 0 Å². The normalized spacial score (nSPS) is 10.5. The fourth-order valence-corrected chi connectivity index (χ4v) is 2.59. The number of carbonyl (C=O) groups excluding carboxylic acids is 1. The molecule has 3 rings (SSSR count). The molecule has 0 aliphatic heterocycles. The van der Waals surface area contributed by atoms with Crippen molar-refractivity contribution in [1.29, 1.82) is 0 Å². The van der Waals surface area contributed by atoms with Gasteiger partial charge in [0.05, 0.1) is 17.5 Å². The minimum absolute atomic E-state index is 0.0783. The van der Waals surface area contributed by atoms with E-state index in [0.717, 1.165) is 0 Å². The Morgan fingerprint density at radius 2 is 1.88 bits per heavy atom. The van der Waals surface area contributed by atoms with E-state index >= 15 is 0 Å². The highest BCUT2D eigenvalue weighted by atomic mass is 16.6. The summed E-state index contributed by atoms with van der Waals surface area (Å²) in [6, 6.07) is 13.7. The smallest absolute Gasteiger partial charge is 0.270 e. The number of methoxy groups -OCH3 is 1. The van der Waals surface area contributed by atoms with E-state index in [2.05, 4.69) is 5.32 Å². The predicted molar refractivity (Wildman–Crippen MR) is 96.5 cm³/mol. The fourth-order valence-electron chi connectivity index (χ4n) is 2.59. The van der Waals surface area contributed by atoms with Crippen molar-refractivity contribution in [3.63, 3.8) is 0 Å². The van der Waals surface area contributed by atoms with Gasteiger partial charge < -0.3 is 10.1 Å². The van der Waals surface area contributed by atoms with Crippen LogP contribution in [-0.2, 0) is 11.3 Å². The molecule has 1 amide bonds. The van der Waals surface area contributed by atoms with Gasteiger partial charge in [-0.15, -0.1) is 0 Å². The molecule has 3 aromatic rings. The molecule has 132 valence electrons. The van der Waals surface area contributed by atoms with E-state index in [9.17, 15) is 19.7 Å². The van der Waals surface area contributed by atoms with E-state index in [1.807, 2.05) is 0 Å². The van der Waals surface area contributed by atoms with Crippen molar-refractivity contribution in [2.24, 2.45) is 0 Å². The van der Waals surface area contributed by atoms with Crippen LogP contribution in [0.25, 0.3) is 10.9 Å². The third kappa shape index (κ3) is 3.54. The van der Waals surface area contributed by atoms with Gasteiger partial charge in [0.2, 0.25) is 5.91 Å². The van der Waals surface area contributed by atoms with E-state index in [4.69, 9.17) is 4.74 Å². The first kappa shape index (κ1) is 17.2. The first-order chi connectivity index (χ1) is 12.5. The van der Waals surface area contributed by atoms with Gasteiger partial charge in [0.25, 0.3) is 11.2 Å². The second-order valence-electron chi connectivity index (χ2n) is 5.53. The molecule has 0 atom stereocenters. The van der Waals surface area contributed by atoms with Gasteiger partial charge in [-0.05, 0) is 36.4 Å². The first-order valence-electron chi connectivity index (χ1n) is 7.70. The molecular weight excluding hydrogens is 338 g/mol. The molecule has 0 bridgehead atoms. The van der Waals surface area contributed by atoms with E-state index in [0.29, 0.717) is 22.3 Å². The van der Waals surface area contributed by atoms with Crippen molar-refractivity contribution in [2.45, 2.75) is 6.54 Å². The lowest BCUT2D eigenvalue weighted by atomic mass is 10.2. The number of nitro groups is 1. The maximum Gasteiger partial charge on any atom is 0.270 e. The number of amides is 1. The number of anilines is 1. The summed E-state index contributed by atoms with van der Waals surface area (Å²) in [6.45, 7) is -0.208. The standard InChI is InChI=1S/C18H15N3O5/c1-26-15-6-3-13(4-7-15)19-17(22)11-20-16-8-5-14(21(24)25)10-12(16)2-9-18(20)23/h2-10H,11H2,1H3,(H,19,22). The summed E-state index contributed by atoms with van der Waals surface area (Å²) in [5.41, 5.74) is 0.578. The van der Waals surface area contributed by atoms with Crippen LogP contribution in [0.4, 0.5) is 11.4 Å². The number of pyridine rings is 1. The summed E-state index contributed by atoms with van der Waals surface area (Å²) in [4.78, 5) is 34.8. The van der Waals surface area contributed by atoms with E-state index in [1.165, 1.54) is 34.9 Å². The van der Waals surface area contributed by atoms with Crippen molar-refractivity contribution in [1.82, 2.24) is 4.57 Å². The first-order valence-corrected chi connectivity index (χ1v) is 7.70. The lowest BCUT2D eigenvalue weighted by Gasteiger charge is -2.11. The van der Waals surface area contributed by atoms with Crippen molar-refractivity contribution in [3.05, 3.63) is 75.1 Å². The quantitative estimate of drug-likeness (QED) is 0.561. The number of ether oxygens (including phenoxy) is 1. The Morgan fingerprint density at radius 3 is 2.54 bits per heavy atom. The molecule has 0 unspecified atom stereocenters. The largest absolute Gasteiger partial charge is 0.497 e. The second kappa shape index (κ2) is 7.06. The van der Waals surface area contributed by atoms with Crippen LogP contribution >= 0.6 is 0 Å². The van der Waals surface area contributed by atoms with Crippen molar-refractivity contribution in [3.8, 4) is 5.75 Å². The molecule has 0 saturated carbocycles. The minimum atomic E-state index is -0.509. The number of benzene rings is 2. The van der Waals surface area contributed by atoms with Crippen LogP contribution in [-0.4, -0.2) is 22.5 Å². The van der Waals surface area contributed by atoms with Crippen molar-refractivity contribution >= 4 is 28.2 Å². The summed E-state index contributed by atoms with van der Waals surface area (Å²) in [6.07, 6.45) is 0. The summed E-state index contributed by atoms with van der Waals surface area (Å²) in [7, 11) is 1.55. The molecule has 0 fully saturated rings. The maximum absolute atomic E-state index is 12.3. The molecule has 26 heavy (non-hydrogen) atoms. The number of carbonyl (C=O) groups is 1. The zero-order valence-corrected chi connectivity index (χ0v) is 13.8. The van der Waals surface area contributed by atoms with E-state index in [-0.39, 0.29) is 23.7 Å². The van der Waals surface area contributed by atoms with Gasteiger partial charge >= 0.3 is 0 Å². The number of hydrogen-bond acceptors (Lipinski definition) is 5. The Balaban J connectivity index is 1.87. The molecule has 1 aromatic heterocycles. The predicted octanol–water partition coefficient (Wildman–Crippen LogP) is 2.56. The Labute approximate surface area is 147 Å². The number of non-ortho nitro benzene ring substituents is 1. The van der Waals surface area contributed by atoms with Gasteiger partial charge in [0, 0.05) is 29.3 Å². The summed E-state index contributed by atoms with van der Waals surface area (Å²) < 4.78 is 6.33. The Bertz CT molecular complexity index is 1040. The van der Waals surface area contributed by atoms with Gasteiger partial charge in [-0.1, -0.05) is 0 Å². The molecule has 1 N–H and O–H groups in total. The highest BCUT2D eigenvalue weighted by Crippen LogP contribution is 2.20. The van der Waals surface area contributed by atoms with Gasteiger partial charge in [-0.25, -0.2) is 0 Å². The second-order valence-corrected chi connectivity index (χ2v) is 5.53. The van der Waals surface area contributed by atoms with E-state index < -0.39 is 4.92 Å². The molecule has 8 heteroatoms. The molecule has 1 heterocycles. The van der Waals surface area contributed by atoms with Crippen LogP contribution in [0.3, 0.4) is 0 Å². The number of fused-ring (bicyclic) bond motifs is 1. The third-order valence-corrected chi connectivity index (χ3v) is 3.86. The maximum atomic E-state index is 12.3. The number of hydrogen-bond donors (Lipinski definition) is 1. The van der Waals surface area contributed by atoms with Crippen LogP contribution in [0.1, 0.15) is 0 Å². The molecule has 0 radical (unpaired) electrons. The molecular formula is C18H15N3O5. The monoisotopic (exact) mass is 353 g/mol. The lowest BCUT2D eigenvalue weighted by Crippen LogP contribution is -2.27. The highest BCUT2D eigenvalue weighted by molar-refractivity contribution is 5.92. The summed E-state index contributed by atoms with van der Waals surface area (Å²) in [5.74, 6) is 0.276. The third-order valence-electron chi connectivity index (χ3n) is 3.86. The summed E-state index contributed by atoms with van der Waals surface area (Å²) >= 11 is 0. The van der Waals surface area contributed by atoms with E-state index in [1.54, 1.807) is 31.4 Å². The molecule has 8 nitrogen and oxygen atoms in total. The van der Waals surface area contributed by atoms with Crippen LogP contribution in [0.15, 0.2) is 59.4 Å². The topological polar surface area (TPSA) is 103 Å². The number of rotatable bonds is 5. The average Bonchev–Trinajstić information content (AvgIpc) is 2.64. The van der Waals surface area contributed by atoms with Gasteiger partial charge in [-0.3, -0.25) is 24.3 Å². The SMILES string of the molecule is COc1ccc(NC(=O)Cn2c(=O)ccc3cc([N+](=O)[O-])ccc32)cc1.